The van der Waals surface area contributed by atoms with Gasteiger partial charge in [0.1, 0.15) is 0 Å². The lowest BCUT2D eigenvalue weighted by Crippen LogP contribution is -2.46. The lowest BCUT2D eigenvalue weighted by atomic mass is 10.1. The molecule has 6 nitrogen and oxygen atoms in total. The maximum Gasteiger partial charge on any atom is 0.229 e. The molecule has 1 saturated heterocycles. The van der Waals surface area contributed by atoms with Gasteiger partial charge in [0.15, 0.2) is 5.96 Å². The Hall–Kier alpha value is -2.37. The van der Waals surface area contributed by atoms with Gasteiger partial charge in [0.05, 0.1) is 0 Å². The molecule has 6 heteroatoms. The zero-order valence-corrected chi connectivity index (χ0v) is 14.7. The Morgan fingerprint density at radius 3 is 2.42 bits per heavy atom. The van der Waals surface area contributed by atoms with E-state index in [2.05, 4.69) is 41.5 Å². The van der Waals surface area contributed by atoms with Gasteiger partial charge in [-0.1, -0.05) is 29.8 Å². The number of guanidine groups is 1. The third kappa shape index (κ3) is 4.81. The molecule has 0 saturated carbocycles. The van der Waals surface area contributed by atoms with Crippen molar-refractivity contribution in [1.82, 2.24) is 15.1 Å². The van der Waals surface area contributed by atoms with Crippen molar-refractivity contribution in [3.8, 4) is 0 Å². The maximum absolute atomic E-state index is 11.8. The van der Waals surface area contributed by atoms with Crippen LogP contribution in [0.3, 0.4) is 0 Å². The summed E-state index contributed by atoms with van der Waals surface area (Å²) >= 11 is 0. The van der Waals surface area contributed by atoms with Gasteiger partial charge in [0.2, 0.25) is 11.8 Å². The summed E-state index contributed by atoms with van der Waals surface area (Å²) in [5.74, 6) is 0.597. The summed E-state index contributed by atoms with van der Waals surface area (Å²) in [7, 11) is 3.69. The second-order valence-corrected chi connectivity index (χ2v) is 6.11. The fourth-order valence-electron chi connectivity index (χ4n) is 2.76. The number of hydrogen-bond acceptors (Lipinski definition) is 3. The molecule has 1 N–H and O–H groups in total. The lowest BCUT2D eigenvalue weighted by Gasteiger charge is -2.26. The number of carbonyl (C=O) groups excluding carboxylic acids is 2. The van der Waals surface area contributed by atoms with Gasteiger partial charge in [0.25, 0.3) is 0 Å². The summed E-state index contributed by atoms with van der Waals surface area (Å²) < 4.78 is 0. The highest BCUT2D eigenvalue weighted by atomic mass is 16.2. The predicted octanol–water partition coefficient (Wildman–Crippen LogP) is 1.54. The molecule has 1 heterocycles. The monoisotopic (exact) mass is 330 g/mol. The smallest absolute Gasteiger partial charge is 0.229 e. The average molecular weight is 330 g/mol. The summed E-state index contributed by atoms with van der Waals surface area (Å²) in [5, 5.41) is 3.22. The first-order valence-corrected chi connectivity index (χ1v) is 8.32. The van der Waals surface area contributed by atoms with Crippen LogP contribution in [0, 0.1) is 6.92 Å². The first-order chi connectivity index (χ1) is 11.5. The number of amides is 2. The van der Waals surface area contributed by atoms with Crippen LogP contribution >= 0.6 is 0 Å². The third-order valence-corrected chi connectivity index (χ3v) is 4.12. The van der Waals surface area contributed by atoms with Crippen LogP contribution in [-0.2, 0) is 16.1 Å². The van der Waals surface area contributed by atoms with E-state index in [9.17, 15) is 9.59 Å². The van der Waals surface area contributed by atoms with E-state index < -0.39 is 0 Å². The number of nitrogens with zero attached hydrogens (tertiary/aromatic N) is 3. The Kier molecular flexibility index (Phi) is 6.35. The van der Waals surface area contributed by atoms with E-state index >= 15 is 0 Å². The number of nitrogens with one attached hydrogen (secondary N) is 1. The van der Waals surface area contributed by atoms with Crippen molar-refractivity contribution in [3.63, 3.8) is 0 Å². The van der Waals surface area contributed by atoms with E-state index in [4.69, 9.17) is 0 Å². The zero-order valence-electron chi connectivity index (χ0n) is 14.7. The molecule has 1 aromatic carbocycles. The van der Waals surface area contributed by atoms with Crippen molar-refractivity contribution >= 4 is 17.8 Å². The fraction of sp³-hybridized carbons (Fsp3) is 0.500. The van der Waals surface area contributed by atoms with Gasteiger partial charge in [0, 0.05) is 46.6 Å². The minimum absolute atomic E-state index is 0.0731. The van der Waals surface area contributed by atoms with Crippen molar-refractivity contribution in [2.45, 2.75) is 32.7 Å². The molecule has 2 amide bonds. The maximum atomic E-state index is 11.8. The second kappa shape index (κ2) is 8.47. The number of piperidine rings is 1. The van der Waals surface area contributed by atoms with Gasteiger partial charge in [-0.25, -0.2) is 0 Å². The Balaban J connectivity index is 1.84. The topological polar surface area (TPSA) is 65.0 Å². The van der Waals surface area contributed by atoms with Crippen LogP contribution in [0.4, 0.5) is 0 Å². The summed E-state index contributed by atoms with van der Waals surface area (Å²) in [6.07, 6.45) is 1.60. The van der Waals surface area contributed by atoms with Crippen LogP contribution in [0.25, 0.3) is 0 Å². The van der Waals surface area contributed by atoms with Gasteiger partial charge in [-0.2, -0.15) is 0 Å². The van der Waals surface area contributed by atoms with Crippen LogP contribution in [0.1, 0.15) is 30.4 Å². The molecule has 0 aliphatic carbocycles. The Bertz CT molecular complexity index is 594. The van der Waals surface area contributed by atoms with Crippen LogP contribution in [0.15, 0.2) is 29.3 Å². The third-order valence-electron chi connectivity index (χ3n) is 4.12. The molecule has 0 aromatic heterocycles. The molecule has 0 radical (unpaired) electrons. The van der Waals surface area contributed by atoms with Crippen molar-refractivity contribution in [2.75, 3.05) is 27.2 Å². The summed E-state index contributed by atoms with van der Waals surface area (Å²) in [6, 6.07) is 8.38. The minimum Gasteiger partial charge on any atom is -0.354 e. The van der Waals surface area contributed by atoms with Crippen molar-refractivity contribution in [2.24, 2.45) is 4.99 Å². The second-order valence-electron chi connectivity index (χ2n) is 6.11. The molecular formula is C18H26N4O2. The lowest BCUT2D eigenvalue weighted by molar-refractivity contribution is -0.147. The largest absolute Gasteiger partial charge is 0.354 e. The number of carbonyl (C=O) groups is 2. The van der Waals surface area contributed by atoms with E-state index in [-0.39, 0.29) is 11.8 Å². The first-order valence-electron chi connectivity index (χ1n) is 8.32. The van der Waals surface area contributed by atoms with Gasteiger partial charge >= 0.3 is 0 Å². The molecular weight excluding hydrogens is 304 g/mol. The number of imide groups is 1. The summed E-state index contributed by atoms with van der Waals surface area (Å²) in [6.45, 7) is 3.69. The SMILES string of the molecule is CN=C(NCCN1C(=O)CCCC1=O)N(C)Cc1ccc(C)cc1. The molecule has 0 unspecified atom stereocenters. The van der Waals surface area contributed by atoms with Gasteiger partial charge < -0.3 is 10.2 Å². The fourth-order valence-corrected chi connectivity index (χ4v) is 2.76. The predicted molar refractivity (Wildman–Crippen MR) is 94.6 cm³/mol. The van der Waals surface area contributed by atoms with Crippen LogP contribution in [0.5, 0.6) is 0 Å². The van der Waals surface area contributed by atoms with E-state index in [1.54, 1.807) is 7.05 Å². The summed E-state index contributed by atoms with van der Waals surface area (Å²) in [4.78, 5) is 31.2. The molecule has 1 aromatic rings. The molecule has 2 rings (SSSR count). The van der Waals surface area contributed by atoms with E-state index in [0.29, 0.717) is 32.4 Å². The normalized spacial score (nSPS) is 15.6. The molecule has 130 valence electrons. The van der Waals surface area contributed by atoms with Crippen molar-refractivity contribution in [3.05, 3.63) is 35.4 Å². The van der Waals surface area contributed by atoms with Gasteiger partial charge in [-0.15, -0.1) is 0 Å². The van der Waals surface area contributed by atoms with E-state index in [1.165, 1.54) is 16.0 Å². The Labute approximate surface area is 143 Å². The van der Waals surface area contributed by atoms with Crippen molar-refractivity contribution in [1.29, 1.82) is 0 Å². The standard InChI is InChI=1S/C18H26N4O2/c1-14-7-9-15(10-8-14)13-21(3)18(19-2)20-11-12-22-16(23)5-4-6-17(22)24/h7-10H,4-6,11-13H2,1-3H3,(H,19,20). The Morgan fingerprint density at radius 1 is 1.21 bits per heavy atom. The van der Waals surface area contributed by atoms with E-state index in [1.807, 2.05) is 11.9 Å². The van der Waals surface area contributed by atoms with Crippen LogP contribution in [-0.4, -0.2) is 54.8 Å². The number of likely N-dealkylation sites (tertiary alicyclic amines) is 1. The average Bonchev–Trinajstić information content (AvgIpc) is 2.56. The highest BCUT2D eigenvalue weighted by molar-refractivity contribution is 5.97. The molecule has 0 atom stereocenters. The van der Waals surface area contributed by atoms with E-state index in [0.717, 1.165) is 12.5 Å². The highest BCUT2D eigenvalue weighted by Crippen LogP contribution is 2.11. The van der Waals surface area contributed by atoms with Crippen LogP contribution < -0.4 is 5.32 Å². The molecule has 0 spiro atoms. The van der Waals surface area contributed by atoms with Crippen molar-refractivity contribution < 1.29 is 9.59 Å². The minimum atomic E-state index is -0.0731. The quantitative estimate of drug-likeness (QED) is 0.505. The first kappa shape index (κ1) is 18.0. The molecule has 0 bridgehead atoms. The van der Waals surface area contributed by atoms with Gasteiger partial charge in [-0.3, -0.25) is 19.5 Å². The number of aryl methyl sites for hydroxylation is 1. The molecule has 1 aliphatic rings. The van der Waals surface area contributed by atoms with Gasteiger partial charge in [-0.05, 0) is 18.9 Å². The summed E-state index contributed by atoms with van der Waals surface area (Å²) in [5.41, 5.74) is 2.44. The Morgan fingerprint density at radius 2 is 1.83 bits per heavy atom. The number of aliphatic imine (C=N–C) groups is 1. The highest BCUT2D eigenvalue weighted by Gasteiger charge is 2.25. The molecule has 24 heavy (non-hydrogen) atoms. The molecule has 1 aliphatic heterocycles. The van der Waals surface area contributed by atoms with Crippen LogP contribution in [0.2, 0.25) is 0 Å². The molecule has 1 fully saturated rings. The number of benzene rings is 1. The number of rotatable bonds is 5. The zero-order chi connectivity index (χ0) is 17.5. The number of hydrogen-bond donors (Lipinski definition) is 1.